The topological polar surface area (TPSA) is 41.5 Å². The summed E-state index contributed by atoms with van der Waals surface area (Å²) in [5.41, 5.74) is 3.17. The van der Waals surface area contributed by atoms with Gasteiger partial charge in [0.15, 0.2) is 0 Å². The molecular formula is C15H21NO2. The van der Waals surface area contributed by atoms with Crippen molar-refractivity contribution in [3.8, 4) is 5.75 Å². The first kappa shape index (κ1) is 12.0. The lowest BCUT2D eigenvalue weighted by atomic mass is 9.81. The van der Waals surface area contributed by atoms with Gasteiger partial charge in [0, 0.05) is 12.0 Å². The van der Waals surface area contributed by atoms with E-state index in [4.69, 9.17) is 4.74 Å². The molecule has 18 heavy (non-hydrogen) atoms. The van der Waals surface area contributed by atoms with Crippen molar-refractivity contribution in [1.82, 2.24) is 5.32 Å². The van der Waals surface area contributed by atoms with Crippen LogP contribution < -0.4 is 10.1 Å². The minimum atomic E-state index is -0.382. The van der Waals surface area contributed by atoms with Gasteiger partial charge in [-0.05, 0) is 57.0 Å². The highest BCUT2D eigenvalue weighted by Gasteiger charge is 2.41. The molecule has 2 aliphatic rings. The molecule has 3 rings (SSSR count). The Hall–Kier alpha value is -1.06. The summed E-state index contributed by atoms with van der Waals surface area (Å²) >= 11 is 0. The van der Waals surface area contributed by atoms with Gasteiger partial charge in [0.2, 0.25) is 0 Å². The first-order valence-electron chi connectivity index (χ1n) is 6.79. The third kappa shape index (κ3) is 1.91. The van der Waals surface area contributed by atoms with Crippen molar-refractivity contribution in [3.05, 3.63) is 28.8 Å². The van der Waals surface area contributed by atoms with E-state index in [1.54, 1.807) is 0 Å². The van der Waals surface area contributed by atoms with E-state index in [1.807, 2.05) is 0 Å². The number of piperidine rings is 1. The number of aliphatic hydroxyl groups is 1. The van der Waals surface area contributed by atoms with Crippen LogP contribution in [0.15, 0.2) is 12.1 Å². The van der Waals surface area contributed by atoms with Gasteiger partial charge in [-0.25, -0.2) is 0 Å². The highest BCUT2D eigenvalue weighted by molar-refractivity contribution is 5.46. The molecule has 0 amide bonds. The van der Waals surface area contributed by atoms with Crippen molar-refractivity contribution in [2.75, 3.05) is 13.1 Å². The summed E-state index contributed by atoms with van der Waals surface area (Å²) in [4.78, 5) is 0. The number of rotatable bonds is 0. The van der Waals surface area contributed by atoms with Crippen molar-refractivity contribution in [2.45, 2.75) is 44.8 Å². The van der Waals surface area contributed by atoms with Crippen LogP contribution in [0.1, 0.15) is 42.1 Å². The molecule has 2 aliphatic heterocycles. The molecule has 1 aromatic carbocycles. The molecule has 0 bridgehead atoms. The Bertz CT molecular complexity index is 464. The standard InChI is InChI=1S/C15H21NO2/c1-10-7-11(2)14-12(17)9-15(18-13(14)8-10)3-5-16-6-4-15/h7-8,12,16-17H,3-6,9H2,1-2H3. The van der Waals surface area contributed by atoms with E-state index in [0.717, 1.165) is 49.2 Å². The molecule has 98 valence electrons. The SMILES string of the molecule is Cc1cc(C)c2c(c1)OC1(CCNCC1)CC2O. The molecule has 0 saturated carbocycles. The lowest BCUT2D eigenvalue weighted by Gasteiger charge is -2.44. The fraction of sp³-hybridized carbons (Fsp3) is 0.600. The predicted molar refractivity (Wildman–Crippen MR) is 71.0 cm³/mol. The van der Waals surface area contributed by atoms with Crippen LogP contribution in [-0.4, -0.2) is 23.8 Å². The number of hydrogen-bond acceptors (Lipinski definition) is 3. The van der Waals surface area contributed by atoms with Crippen molar-refractivity contribution in [3.63, 3.8) is 0 Å². The van der Waals surface area contributed by atoms with Crippen molar-refractivity contribution >= 4 is 0 Å². The van der Waals surface area contributed by atoms with Crippen molar-refractivity contribution < 1.29 is 9.84 Å². The Morgan fingerprint density at radius 1 is 1.28 bits per heavy atom. The molecule has 1 aromatic rings. The van der Waals surface area contributed by atoms with Gasteiger partial charge < -0.3 is 15.2 Å². The maximum Gasteiger partial charge on any atom is 0.126 e. The number of aryl methyl sites for hydroxylation is 2. The Morgan fingerprint density at radius 2 is 2.00 bits per heavy atom. The summed E-state index contributed by atoms with van der Waals surface area (Å²) < 4.78 is 6.29. The van der Waals surface area contributed by atoms with Crippen LogP contribution in [0.4, 0.5) is 0 Å². The second-order valence-electron chi connectivity index (χ2n) is 5.75. The minimum Gasteiger partial charge on any atom is -0.487 e. The van der Waals surface area contributed by atoms with E-state index in [-0.39, 0.29) is 11.7 Å². The largest absolute Gasteiger partial charge is 0.487 e. The van der Waals surface area contributed by atoms with E-state index in [0.29, 0.717) is 0 Å². The quantitative estimate of drug-likeness (QED) is 0.739. The summed E-state index contributed by atoms with van der Waals surface area (Å²) in [6.07, 6.45) is 2.31. The van der Waals surface area contributed by atoms with Crippen molar-refractivity contribution in [1.29, 1.82) is 0 Å². The third-order valence-electron chi connectivity index (χ3n) is 4.23. The summed E-state index contributed by atoms with van der Waals surface area (Å²) in [5.74, 6) is 0.896. The molecule has 1 spiro atoms. The molecule has 0 radical (unpaired) electrons. The van der Waals surface area contributed by atoms with Gasteiger partial charge in [0.25, 0.3) is 0 Å². The van der Waals surface area contributed by atoms with Crippen LogP contribution in [0.5, 0.6) is 5.75 Å². The normalized spacial score (nSPS) is 25.6. The summed E-state index contributed by atoms with van der Waals surface area (Å²) in [5, 5.41) is 13.8. The third-order valence-corrected chi connectivity index (χ3v) is 4.23. The fourth-order valence-electron chi connectivity index (χ4n) is 3.37. The number of hydrogen-bond donors (Lipinski definition) is 2. The van der Waals surface area contributed by atoms with Gasteiger partial charge in [-0.15, -0.1) is 0 Å². The highest BCUT2D eigenvalue weighted by atomic mass is 16.5. The number of benzene rings is 1. The lowest BCUT2D eigenvalue weighted by molar-refractivity contribution is -0.0340. The lowest BCUT2D eigenvalue weighted by Crippen LogP contribution is -2.49. The highest BCUT2D eigenvalue weighted by Crippen LogP contribution is 2.45. The molecule has 0 aliphatic carbocycles. The smallest absolute Gasteiger partial charge is 0.126 e. The average molecular weight is 247 g/mol. The first-order valence-corrected chi connectivity index (χ1v) is 6.79. The minimum absolute atomic E-state index is 0.155. The van der Waals surface area contributed by atoms with Crippen LogP contribution >= 0.6 is 0 Å². The summed E-state index contributed by atoms with van der Waals surface area (Å²) in [7, 11) is 0. The van der Waals surface area contributed by atoms with Crippen LogP contribution in [-0.2, 0) is 0 Å². The van der Waals surface area contributed by atoms with Crippen molar-refractivity contribution in [2.24, 2.45) is 0 Å². The molecule has 1 fully saturated rings. The second kappa shape index (κ2) is 4.25. The first-order chi connectivity index (χ1) is 8.60. The average Bonchev–Trinajstić information content (AvgIpc) is 2.27. The Kier molecular flexibility index (Phi) is 2.83. The van der Waals surface area contributed by atoms with E-state index in [9.17, 15) is 5.11 Å². The van der Waals surface area contributed by atoms with Gasteiger partial charge in [0.05, 0.1) is 6.10 Å². The van der Waals surface area contributed by atoms with E-state index in [2.05, 4.69) is 31.3 Å². The maximum absolute atomic E-state index is 10.5. The molecular weight excluding hydrogens is 226 g/mol. The van der Waals surface area contributed by atoms with Crippen LogP contribution in [0.2, 0.25) is 0 Å². The molecule has 1 atom stereocenters. The van der Waals surface area contributed by atoms with Gasteiger partial charge >= 0.3 is 0 Å². The zero-order valence-electron chi connectivity index (χ0n) is 11.1. The Balaban J connectivity index is 2.01. The van der Waals surface area contributed by atoms with E-state index < -0.39 is 0 Å². The second-order valence-corrected chi connectivity index (χ2v) is 5.75. The predicted octanol–water partition coefficient (Wildman–Crippen LogP) is 2.24. The molecule has 1 unspecified atom stereocenters. The van der Waals surface area contributed by atoms with Crippen LogP contribution in [0.3, 0.4) is 0 Å². The monoisotopic (exact) mass is 247 g/mol. The molecule has 0 aromatic heterocycles. The van der Waals surface area contributed by atoms with E-state index in [1.165, 1.54) is 5.56 Å². The number of aliphatic hydroxyl groups excluding tert-OH is 1. The van der Waals surface area contributed by atoms with Crippen LogP contribution in [0.25, 0.3) is 0 Å². The van der Waals surface area contributed by atoms with Gasteiger partial charge in [0.1, 0.15) is 11.4 Å². The van der Waals surface area contributed by atoms with Gasteiger partial charge in [-0.3, -0.25) is 0 Å². The van der Waals surface area contributed by atoms with Gasteiger partial charge in [-0.2, -0.15) is 0 Å². The molecule has 1 saturated heterocycles. The van der Waals surface area contributed by atoms with Crippen LogP contribution in [0, 0.1) is 13.8 Å². The molecule has 2 heterocycles. The Labute approximate surface area is 108 Å². The summed E-state index contributed by atoms with van der Waals surface area (Å²) in [6, 6.07) is 4.18. The Morgan fingerprint density at radius 3 is 2.72 bits per heavy atom. The maximum atomic E-state index is 10.5. The number of ether oxygens (including phenoxy) is 1. The molecule has 3 nitrogen and oxygen atoms in total. The fourth-order valence-corrected chi connectivity index (χ4v) is 3.37. The molecule has 2 N–H and O–H groups in total. The number of nitrogens with one attached hydrogen (secondary N) is 1. The zero-order valence-corrected chi connectivity index (χ0v) is 11.1. The van der Waals surface area contributed by atoms with Gasteiger partial charge in [-0.1, -0.05) is 6.07 Å². The summed E-state index contributed by atoms with van der Waals surface area (Å²) in [6.45, 7) is 6.09. The van der Waals surface area contributed by atoms with E-state index >= 15 is 0 Å². The molecule has 3 heteroatoms. The number of fused-ring (bicyclic) bond motifs is 1. The zero-order chi connectivity index (χ0) is 12.8.